The minimum atomic E-state index is -1.61. The van der Waals surface area contributed by atoms with E-state index in [4.69, 9.17) is 4.74 Å². The predicted octanol–water partition coefficient (Wildman–Crippen LogP) is 0.859. The summed E-state index contributed by atoms with van der Waals surface area (Å²) in [7, 11) is 0. The number of ether oxygens (including phenoxy) is 1. The van der Waals surface area contributed by atoms with Crippen LogP contribution in [0.25, 0.3) is 0 Å². The molecule has 0 saturated heterocycles. The molecule has 12 nitrogen and oxygen atoms in total. The van der Waals surface area contributed by atoms with Crippen molar-refractivity contribution in [3.05, 3.63) is 60.3 Å². The Kier molecular flexibility index (Phi) is 21.1. The number of carbonyl (C=O) groups excluding carboxylic acids is 1. The maximum absolute atomic E-state index is 13.1. The Hall–Kier alpha value is -2.23. The van der Waals surface area contributed by atoms with Crippen LogP contribution in [0.1, 0.15) is 78.6 Å². The molecule has 0 fully saturated rings. The lowest BCUT2D eigenvalue weighted by Gasteiger charge is -2.30. The standard InChI is InChI=1S/C35H58O12/c1-4-5-11-16-29(41)32-30(42)20-26(38)18-24(36)17-25(37)19-27(39)21-31(43)34(45)33(44)22(2)14-12-9-7-6-8-10-13-15-28(40)23(3)47-35(32)46/h6-10,12-15,23-34,36-45H,4-5,11,16-21H2,1-3H3/b7-6+,10-8+,12-9+,15-13+,22-14+/t23?,24-,25+,26-,27+,28+,29+,30-,31?,32?,33?,34?/m0/s1. The van der Waals surface area contributed by atoms with Crippen LogP contribution in [0.4, 0.5) is 0 Å². The van der Waals surface area contributed by atoms with Gasteiger partial charge in [-0.05, 0) is 45.1 Å². The van der Waals surface area contributed by atoms with Crippen molar-refractivity contribution < 1.29 is 60.6 Å². The van der Waals surface area contributed by atoms with Crippen molar-refractivity contribution in [3.8, 4) is 0 Å². The molecule has 0 aliphatic carbocycles. The van der Waals surface area contributed by atoms with Gasteiger partial charge in [-0.1, -0.05) is 80.9 Å². The van der Waals surface area contributed by atoms with Crippen molar-refractivity contribution in [2.75, 3.05) is 0 Å². The lowest BCUT2D eigenvalue weighted by Crippen LogP contribution is -2.43. The molecule has 0 amide bonds. The Morgan fingerprint density at radius 3 is 1.77 bits per heavy atom. The first-order valence-electron chi connectivity index (χ1n) is 16.5. The Labute approximate surface area is 278 Å². The summed E-state index contributed by atoms with van der Waals surface area (Å²) in [6, 6.07) is 0. The normalized spacial score (nSPS) is 39.6. The zero-order valence-electron chi connectivity index (χ0n) is 27.8. The van der Waals surface area contributed by atoms with Crippen LogP contribution >= 0.6 is 0 Å². The Morgan fingerprint density at radius 1 is 0.723 bits per heavy atom. The fourth-order valence-electron chi connectivity index (χ4n) is 5.30. The summed E-state index contributed by atoms with van der Waals surface area (Å²) in [5.74, 6) is -2.37. The largest absolute Gasteiger partial charge is 0.459 e. The second-order valence-corrected chi connectivity index (χ2v) is 12.5. The number of allylic oxidation sites excluding steroid dienone is 8. The van der Waals surface area contributed by atoms with Crippen LogP contribution in [0.15, 0.2) is 60.3 Å². The van der Waals surface area contributed by atoms with Gasteiger partial charge in [0.1, 0.15) is 30.3 Å². The first kappa shape index (κ1) is 42.8. The van der Waals surface area contributed by atoms with Crippen LogP contribution in [0.5, 0.6) is 0 Å². The number of rotatable bonds is 5. The van der Waals surface area contributed by atoms with Gasteiger partial charge in [0, 0.05) is 12.8 Å². The Balaban J connectivity index is 3.19. The highest BCUT2D eigenvalue weighted by Gasteiger charge is 2.37. The maximum atomic E-state index is 13.1. The Bertz CT molecular complexity index is 1020. The fourth-order valence-corrected chi connectivity index (χ4v) is 5.30. The van der Waals surface area contributed by atoms with Crippen molar-refractivity contribution in [1.29, 1.82) is 0 Å². The first-order chi connectivity index (χ1) is 22.2. The van der Waals surface area contributed by atoms with Crippen molar-refractivity contribution in [1.82, 2.24) is 0 Å². The SMILES string of the molecule is CCCCC[C@@H](O)C1C(=O)OC(C)[C@H](O)/C=C/C=C/C=C/C=C/C=C(\C)C(O)C(O)C(O)C[C@H](O)C[C@H](O)C[C@H](O)C[C@H](O)C[C@@H]1O. The summed E-state index contributed by atoms with van der Waals surface area (Å²) >= 11 is 0. The summed E-state index contributed by atoms with van der Waals surface area (Å²) < 4.78 is 5.41. The van der Waals surface area contributed by atoms with Crippen LogP contribution in [0.3, 0.4) is 0 Å². The lowest BCUT2D eigenvalue weighted by atomic mass is 9.87. The quantitative estimate of drug-likeness (QED) is 0.145. The molecule has 0 bridgehead atoms. The molecule has 1 aliphatic rings. The van der Waals surface area contributed by atoms with E-state index in [2.05, 4.69) is 0 Å². The maximum Gasteiger partial charge on any atom is 0.314 e. The molecular formula is C35H58O12. The van der Waals surface area contributed by atoms with Crippen molar-refractivity contribution in [2.45, 2.75) is 146 Å². The second kappa shape index (κ2) is 23.2. The molecule has 1 rings (SSSR count). The first-order valence-corrected chi connectivity index (χ1v) is 16.5. The van der Waals surface area contributed by atoms with Gasteiger partial charge in [-0.15, -0.1) is 0 Å². The number of aliphatic hydroxyl groups is 10. The van der Waals surface area contributed by atoms with E-state index < -0.39 is 85.5 Å². The van der Waals surface area contributed by atoms with E-state index in [-0.39, 0.29) is 32.1 Å². The summed E-state index contributed by atoms with van der Waals surface area (Å²) in [6.07, 6.45) is 0.559. The summed E-state index contributed by atoms with van der Waals surface area (Å²) in [5.41, 5.74) is 0.357. The molecule has 0 aromatic carbocycles. The number of cyclic esters (lactones) is 1. The smallest absolute Gasteiger partial charge is 0.314 e. The van der Waals surface area contributed by atoms with Gasteiger partial charge in [0.05, 0.1) is 42.7 Å². The van der Waals surface area contributed by atoms with Gasteiger partial charge < -0.3 is 55.8 Å². The number of hydrogen-bond donors (Lipinski definition) is 10. The second-order valence-electron chi connectivity index (χ2n) is 12.5. The number of carbonyl (C=O) groups is 1. The highest BCUT2D eigenvalue weighted by molar-refractivity contribution is 5.74. The van der Waals surface area contributed by atoms with Crippen molar-refractivity contribution >= 4 is 5.97 Å². The minimum Gasteiger partial charge on any atom is -0.459 e. The molecule has 10 N–H and O–H groups in total. The predicted molar refractivity (Wildman–Crippen MR) is 177 cm³/mol. The number of aliphatic hydroxyl groups excluding tert-OH is 10. The number of unbranched alkanes of at least 4 members (excludes halogenated alkanes) is 2. The fraction of sp³-hybridized carbons (Fsp3) is 0.686. The van der Waals surface area contributed by atoms with E-state index in [9.17, 15) is 55.9 Å². The van der Waals surface area contributed by atoms with Crippen LogP contribution in [-0.2, 0) is 9.53 Å². The molecule has 0 aromatic heterocycles. The van der Waals surface area contributed by atoms with E-state index in [0.717, 1.165) is 12.8 Å². The third kappa shape index (κ3) is 17.1. The minimum absolute atomic E-state index is 0.197. The molecule has 5 unspecified atom stereocenters. The molecule has 0 radical (unpaired) electrons. The molecule has 47 heavy (non-hydrogen) atoms. The summed E-state index contributed by atoms with van der Waals surface area (Å²) in [6.45, 7) is 5.00. The van der Waals surface area contributed by atoms with Gasteiger partial charge in [-0.2, -0.15) is 0 Å². The van der Waals surface area contributed by atoms with Gasteiger partial charge in [-0.25, -0.2) is 0 Å². The average Bonchev–Trinajstić information content (AvgIpc) is 2.98. The van der Waals surface area contributed by atoms with Crippen LogP contribution in [0, 0.1) is 5.92 Å². The summed E-state index contributed by atoms with van der Waals surface area (Å²) in [4.78, 5) is 13.1. The molecule has 0 spiro atoms. The van der Waals surface area contributed by atoms with E-state index in [1.54, 1.807) is 55.5 Å². The highest BCUT2D eigenvalue weighted by atomic mass is 16.6. The molecule has 0 aromatic rings. The van der Waals surface area contributed by atoms with Gasteiger partial charge in [0.2, 0.25) is 0 Å². The van der Waals surface area contributed by atoms with Crippen molar-refractivity contribution in [2.24, 2.45) is 5.92 Å². The van der Waals surface area contributed by atoms with E-state index >= 15 is 0 Å². The third-order valence-corrected chi connectivity index (χ3v) is 8.17. The average molecular weight is 671 g/mol. The zero-order valence-corrected chi connectivity index (χ0v) is 27.8. The van der Waals surface area contributed by atoms with E-state index in [1.807, 2.05) is 6.92 Å². The monoisotopic (exact) mass is 670 g/mol. The lowest BCUT2D eigenvalue weighted by molar-refractivity contribution is -0.168. The van der Waals surface area contributed by atoms with Crippen molar-refractivity contribution in [3.63, 3.8) is 0 Å². The molecule has 1 aliphatic heterocycles. The van der Waals surface area contributed by atoms with Crippen LogP contribution in [0.2, 0.25) is 0 Å². The molecule has 1 heterocycles. The van der Waals surface area contributed by atoms with Gasteiger partial charge in [-0.3, -0.25) is 4.79 Å². The number of esters is 1. The molecule has 270 valence electrons. The van der Waals surface area contributed by atoms with Gasteiger partial charge >= 0.3 is 5.97 Å². The van der Waals surface area contributed by atoms with E-state index in [1.165, 1.54) is 13.0 Å². The topological polar surface area (TPSA) is 229 Å². The zero-order chi connectivity index (χ0) is 35.5. The molecular weight excluding hydrogens is 612 g/mol. The third-order valence-electron chi connectivity index (χ3n) is 8.17. The van der Waals surface area contributed by atoms with Crippen LogP contribution in [-0.4, -0.2) is 124 Å². The summed E-state index contributed by atoms with van der Waals surface area (Å²) in [5, 5.41) is 105. The molecule has 12 atom stereocenters. The van der Waals surface area contributed by atoms with Gasteiger partial charge in [0.15, 0.2) is 0 Å². The van der Waals surface area contributed by atoms with Crippen LogP contribution < -0.4 is 0 Å². The molecule has 0 saturated carbocycles. The highest BCUT2D eigenvalue weighted by Crippen LogP contribution is 2.24. The van der Waals surface area contributed by atoms with E-state index in [0.29, 0.717) is 12.0 Å². The Morgan fingerprint density at radius 2 is 1.21 bits per heavy atom. The van der Waals surface area contributed by atoms with Gasteiger partial charge in [0.25, 0.3) is 0 Å². The molecule has 12 heteroatoms. The number of hydrogen-bond acceptors (Lipinski definition) is 12.